The predicted octanol–water partition coefficient (Wildman–Crippen LogP) is 1.81. The van der Waals surface area contributed by atoms with Crippen molar-refractivity contribution in [1.29, 1.82) is 0 Å². The molecule has 1 heterocycles. The van der Waals surface area contributed by atoms with Crippen molar-refractivity contribution >= 4 is 24.0 Å². The molecule has 0 aromatic rings. The minimum atomic E-state index is -1.09. The van der Waals surface area contributed by atoms with Crippen molar-refractivity contribution in [1.82, 2.24) is 8.95 Å². The highest BCUT2D eigenvalue weighted by Crippen LogP contribution is 2.18. The molecule has 0 saturated carbocycles. The second kappa shape index (κ2) is 3.53. The fourth-order valence-electron chi connectivity index (χ4n) is 1.52. The van der Waals surface area contributed by atoms with Crippen molar-refractivity contribution in [2.45, 2.75) is 39.3 Å². The molecule has 0 aromatic heterocycles. The van der Waals surface area contributed by atoms with Crippen LogP contribution in [0.25, 0.3) is 0 Å². The summed E-state index contributed by atoms with van der Waals surface area (Å²) < 4.78 is 5.18. The average Bonchev–Trinajstić information content (AvgIpc) is 2.28. The van der Waals surface area contributed by atoms with E-state index < -0.39 is 16.5 Å². The highest BCUT2D eigenvalue weighted by atomic mass is 28.3. The molecule has 0 atom stereocenters. The van der Waals surface area contributed by atoms with Crippen LogP contribution in [-0.2, 0) is 0 Å². The van der Waals surface area contributed by atoms with Crippen molar-refractivity contribution in [3.63, 3.8) is 0 Å². The zero-order valence-corrected chi connectivity index (χ0v) is 11.9. The summed E-state index contributed by atoms with van der Waals surface area (Å²) in [6.07, 6.45) is 0. The van der Waals surface area contributed by atoms with Crippen LogP contribution in [0.2, 0.25) is 39.3 Å². The molecule has 1 rings (SSSR count). The Morgan fingerprint density at radius 3 is 1.23 bits per heavy atom. The maximum Gasteiger partial charge on any atom is 0.298 e. The van der Waals surface area contributed by atoms with Gasteiger partial charge in [-0.05, 0) is 13.1 Å². The summed E-state index contributed by atoms with van der Waals surface area (Å²) in [6, 6.07) is 0. The normalized spacial score (nSPS) is 22.0. The van der Waals surface area contributed by atoms with Crippen LogP contribution in [0.4, 0.5) is 0 Å². The molecule has 0 amide bonds. The molecule has 1 aliphatic heterocycles. The summed E-state index contributed by atoms with van der Waals surface area (Å²) in [5, 5.41) is 0. The summed E-state index contributed by atoms with van der Waals surface area (Å²) in [4.78, 5) is 0. The molecule has 1 saturated heterocycles. The van der Waals surface area contributed by atoms with E-state index in [1.165, 1.54) is 13.1 Å². The van der Waals surface area contributed by atoms with E-state index >= 15 is 0 Å². The molecule has 5 heteroatoms. The van der Waals surface area contributed by atoms with Crippen LogP contribution in [0.15, 0.2) is 0 Å². The zero-order chi connectivity index (χ0) is 10.3. The maximum absolute atomic E-state index is 2.59. The van der Waals surface area contributed by atoms with Gasteiger partial charge in [0.25, 0.3) is 7.55 Å². The van der Waals surface area contributed by atoms with Crippen molar-refractivity contribution in [3.05, 3.63) is 0 Å². The SMILES string of the molecule is C[Si](C)(C)N1[B]N([Si](C)(C)C)CC1. The zero-order valence-electron chi connectivity index (χ0n) is 9.89. The number of hydrogen-bond acceptors (Lipinski definition) is 2. The summed E-state index contributed by atoms with van der Waals surface area (Å²) in [5.74, 6) is 0. The van der Waals surface area contributed by atoms with Crippen molar-refractivity contribution in [2.75, 3.05) is 13.1 Å². The lowest BCUT2D eigenvalue weighted by atomic mass is 10.2. The number of hydrogen-bond donors (Lipinski definition) is 0. The Morgan fingerprint density at radius 1 is 0.769 bits per heavy atom. The van der Waals surface area contributed by atoms with Gasteiger partial charge < -0.3 is 8.95 Å². The lowest BCUT2D eigenvalue weighted by molar-refractivity contribution is 0.654. The predicted molar refractivity (Wildman–Crippen MR) is 65.9 cm³/mol. The van der Waals surface area contributed by atoms with Gasteiger partial charge >= 0.3 is 0 Å². The standard InChI is InChI=1S/C8H22BN2Si2/c1-12(2,3)10-7-8-11(9-10)13(4,5)6/h7-8H2,1-6H3. The van der Waals surface area contributed by atoms with Gasteiger partial charge in [0.15, 0.2) is 0 Å². The van der Waals surface area contributed by atoms with Gasteiger partial charge in [-0.3, -0.25) is 0 Å². The lowest BCUT2D eigenvalue weighted by Gasteiger charge is -2.32. The largest absolute Gasteiger partial charge is 0.354 e. The fourth-order valence-corrected chi connectivity index (χ4v) is 4.15. The van der Waals surface area contributed by atoms with E-state index in [0.717, 1.165) is 0 Å². The van der Waals surface area contributed by atoms with Gasteiger partial charge in [-0.1, -0.05) is 39.3 Å². The quantitative estimate of drug-likeness (QED) is 0.645. The van der Waals surface area contributed by atoms with Gasteiger partial charge in [0.05, 0.1) is 0 Å². The van der Waals surface area contributed by atoms with Crippen LogP contribution in [0.1, 0.15) is 0 Å². The molecule has 75 valence electrons. The smallest absolute Gasteiger partial charge is 0.298 e. The second-order valence-corrected chi connectivity index (χ2v) is 15.7. The summed E-state index contributed by atoms with van der Waals surface area (Å²) >= 11 is 0. The summed E-state index contributed by atoms with van der Waals surface area (Å²) in [5.41, 5.74) is 0. The molecule has 1 aliphatic rings. The maximum atomic E-state index is 2.59. The van der Waals surface area contributed by atoms with E-state index in [9.17, 15) is 0 Å². The van der Waals surface area contributed by atoms with E-state index in [2.05, 4.69) is 55.8 Å². The Balaban J connectivity index is 2.55. The van der Waals surface area contributed by atoms with E-state index in [4.69, 9.17) is 0 Å². The van der Waals surface area contributed by atoms with Crippen LogP contribution in [0.3, 0.4) is 0 Å². The van der Waals surface area contributed by atoms with E-state index in [1.54, 1.807) is 0 Å². The minimum absolute atomic E-state index is 1.09. The molecule has 0 spiro atoms. The highest BCUT2D eigenvalue weighted by Gasteiger charge is 2.36. The van der Waals surface area contributed by atoms with E-state index in [1.807, 2.05) is 0 Å². The third-order valence-electron chi connectivity index (χ3n) is 2.58. The van der Waals surface area contributed by atoms with Crippen LogP contribution in [0, 0.1) is 0 Å². The molecule has 2 nitrogen and oxygen atoms in total. The third kappa shape index (κ3) is 2.94. The number of nitrogens with zero attached hydrogens (tertiary/aromatic N) is 2. The van der Waals surface area contributed by atoms with E-state index in [0.29, 0.717) is 0 Å². The van der Waals surface area contributed by atoms with Gasteiger partial charge in [-0.2, -0.15) is 0 Å². The Kier molecular flexibility index (Phi) is 3.12. The Labute approximate surface area is 85.8 Å². The topological polar surface area (TPSA) is 6.48 Å². The first kappa shape index (κ1) is 11.5. The first-order chi connectivity index (χ1) is 5.71. The van der Waals surface area contributed by atoms with E-state index in [-0.39, 0.29) is 0 Å². The first-order valence-corrected chi connectivity index (χ1v) is 12.0. The van der Waals surface area contributed by atoms with Gasteiger partial charge in [0, 0.05) is 0 Å². The van der Waals surface area contributed by atoms with Crippen molar-refractivity contribution in [2.24, 2.45) is 0 Å². The molecule has 0 aromatic carbocycles. The lowest BCUT2D eigenvalue weighted by Crippen LogP contribution is -2.52. The fraction of sp³-hybridized carbons (Fsp3) is 1.00. The summed E-state index contributed by atoms with van der Waals surface area (Å²) in [6.45, 7) is 17.0. The molecule has 0 unspecified atom stereocenters. The molecular formula is C8H22BN2Si2. The Bertz CT molecular complexity index is 166. The molecule has 0 bridgehead atoms. The van der Waals surface area contributed by atoms with Crippen LogP contribution in [-0.4, -0.2) is 46.1 Å². The number of rotatable bonds is 2. The average molecular weight is 213 g/mol. The van der Waals surface area contributed by atoms with Gasteiger partial charge in [0.2, 0.25) is 0 Å². The monoisotopic (exact) mass is 213 g/mol. The molecule has 0 N–H and O–H groups in total. The van der Waals surface area contributed by atoms with Crippen molar-refractivity contribution < 1.29 is 0 Å². The van der Waals surface area contributed by atoms with Crippen LogP contribution in [0.5, 0.6) is 0 Å². The Hall–Kier alpha value is 0.419. The van der Waals surface area contributed by atoms with Crippen molar-refractivity contribution in [3.8, 4) is 0 Å². The first-order valence-electron chi connectivity index (χ1n) is 5.10. The minimum Gasteiger partial charge on any atom is -0.354 e. The molecule has 13 heavy (non-hydrogen) atoms. The van der Waals surface area contributed by atoms with Gasteiger partial charge in [0.1, 0.15) is 16.5 Å². The highest BCUT2D eigenvalue weighted by molar-refractivity contribution is 6.84. The molecule has 1 radical (unpaired) electrons. The molecular weight excluding hydrogens is 191 g/mol. The van der Waals surface area contributed by atoms with Gasteiger partial charge in [-0.15, -0.1) is 0 Å². The second-order valence-electron chi connectivity index (χ2n) is 5.84. The molecule has 1 fully saturated rings. The Morgan fingerprint density at radius 2 is 1.08 bits per heavy atom. The van der Waals surface area contributed by atoms with Gasteiger partial charge in [-0.25, -0.2) is 0 Å². The summed E-state index contributed by atoms with van der Waals surface area (Å²) in [7, 11) is 0.228. The third-order valence-corrected chi connectivity index (χ3v) is 6.71. The van der Waals surface area contributed by atoms with Crippen LogP contribution < -0.4 is 0 Å². The van der Waals surface area contributed by atoms with Crippen LogP contribution >= 0.6 is 0 Å². The molecule has 0 aliphatic carbocycles.